The van der Waals surface area contributed by atoms with E-state index >= 15 is 0 Å². The minimum absolute atomic E-state index is 0.0106. The summed E-state index contributed by atoms with van der Waals surface area (Å²) in [5.74, 6) is 0.850. The fraction of sp³-hybridized carbons (Fsp3) is 0.600. The topological polar surface area (TPSA) is 78.9 Å². The molecular formula is C10H14N2O4. The molecule has 1 aliphatic rings. The van der Waals surface area contributed by atoms with Crippen LogP contribution in [0.4, 0.5) is 0 Å². The molecule has 0 aromatic rings. The molecule has 1 atom stereocenters. The monoisotopic (exact) mass is 226 g/mol. The highest BCUT2D eigenvalue weighted by atomic mass is 16.5. The first kappa shape index (κ1) is 12.5. The van der Waals surface area contributed by atoms with Crippen LogP contribution in [-0.2, 0) is 14.3 Å². The van der Waals surface area contributed by atoms with Crippen LogP contribution in [0.2, 0.25) is 0 Å². The first-order chi connectivity index (χ1) is 7.65. The Morgan fingerprint density at radius 2 is 2.38 bits per heavy atom. The van der Waals surface area contributed by atoms with Crippen LogP contribution in [0.5, 0.6) is 0 Å². The summed E-state index contributed by atoms with van der Waals surface area (Å²) in [6.07, 6.45) is 5.08. The van der Waals surface area contributed by atoms with Gasteiger partial charge in [0.05, 0.1) is 19.8 Å². The second kappa shape index (κ2) is 6.10. The van der Waals surface area contributed by atoms with Gasteiger partial charge in [0.15, 0.2) is 0 Å². The molecule has 1 aliphatic heterocycles. The Hall–Kier alpha value is -1.58. The molecule has 2 N–H and O–H groups in total. The Kier molecular flexibility index (Phi) is 4.76. The van der Waals surface area contributed by atoms with Crippen molar-refractivity contribution in [1.29, 1.82) is 0 Å². The lowest BCUT2D eigenvalue weighted by Gasteiger charge is -2.27. The van der Waals surface area contributed by atoms with Crippen LogP contribution in [0.25, 0.3) is 0 Å². The molecule has 0 aromatic heterocycles. The van der Waals surface area contributed by atoms with E-state index in [0.717, 1.165) is 4.90 Å². The number of carbonyl (C=O) groups is 2. The van der Waals surface area contributed by atoms with E-state index in [2.05, 4.69) is 11.2 Å². The van der Waals surface area contributed by atoms with Gasteiger partial charge in [-0.25, -0.2) is 0 Å². The van der Waals surface area contributed by atoms with E-state index in [1.807, 2.05) is 0 Å². The third kappa shape index (κ3) is 3.53. The van der Waals surface area contributed by atoms with E-state index in [9.17, 15) is 9.59 Å². The number of rotatable bonds is 4. The SMILES string of the molecule is C#CCN(CC(=O)O)C(=O)C1COCCN1. The van der Waals surface area contributed by atoms with Gasteiger partial charge < -0.3 is 20.1 Å². The second-order valence-electron chi connectivity index (χ2n) is 3.37. The summed E-state index contributed by atoms with van der Waals surface area (Å²) in [7, 11) is 0. The maximum atomic E-state index is 11.8. The highest BCUT2D eigenvalue weighted by molar-refractivity contribution is 5.85. The Balaban J connectivity index is 2.58. The molecule has 1 heterocycles. The van der Waals surface area contributed by atoms with Crippen molar-refractivity contribution in [2.45, 2.75) is 6.04 Å². The van der Waals surface area contributed by atoms with Gasteiger partial charge >= 0.3 is 5.97 Å². The Bertz CT molecular complexity index is 304. The van der Waals surface area contributed by atoms with Crippen molar-refractivity contribution in [2.24, 2.45) is 0 Å². The van der Waals surface area contributed by atoms with Gasteiger partial charge in [0, 0.05) is 6.54 Å². The van der Waals surface area contributed by atoms with Crippen LogP contribution in [-0.4, -0.2) is 60.8 Å². The predicted molar refractivity (Wildman–Crippen MR) is 55.7 cm³/mol. The zero-order chi connectivity index (χ0) is 12.0. The van der Waals surface area contributed by atoms with Crippen LogP contribution in [0.15, 0.2) is 0 Å². The van der Waals surface area contributed by atoms with Gasteiger partial charge in [-0.3, -0.25) is 9.59 Å². The molecule has 6 heteroatoms. The highest BCUT2D eigenvalue weighted by Crippen LogP contribution is 2.00. The van der Waals surface area contributed by atoms with Gasteiger partial charge in [0.1, 0.15) is 12.6 Å². The van der Waals surface area contributed by atoms with E-state index in [1.165, 1.54) is 0 Å². The first-order valence-corrected chi connectivity index (χ1v) is 4.90. The van der Waals surface area contributed by atoms with E-state index in [0.29, 0.717) is 13.2 Å². The highest BCUT2D eigenvalue weighted by Gasteiger charge is 2.26. The fourth-order valence-corrected chi connectivity index (χ4v) is 1.43. The van der Waals surface area contributed by atoms with Crippen LogP contribution < -0.4 is 5.32 Å². The van der Waals surface area contributed by atoms with Crippen molar-refractivity contribution in [2.75, 3.05) is 32.8 Å². The van der Waals surface area contributed by atoms with Crippen LogP contribution in [0, 0.1) is 12.3 Å². The summed E-state index contributed by atoms with van der Waals surface area (Å²) >= 11 is 0. The average Bonchev–Trinajstić information content (AvgIpc) is 2.28. The minimum atomic E-state index is -1.08. The van der Waals surface area contributed by atoms with Gasteiger partial charge in [0.25, 0.3) is 0 Å². The molecule has 0 spiro atoms. The summed E-state index contributed by atoms with van der Waals surface area (Å²) in [5.41, 5.74) is 0. The number of carbonyl (C=O) groups excluding carboxylic acids is 1. The van der Waals surface area contributed by atoms with Crippen LogP contribution in [0.3, 0.4) is 0 Å². The van der Waals surface area contributed by atoms with Crippen molar-refractivity contribution in [3.8, 4) is 12.3 Å². The normalized spacial score (nSPS) is 19.8. The third-order valence-corrected chi connectivity index (χ3v) is 2.14. The van der Waals surface area contributed by atoms with E-state index in [4.69, 9.17) is 16.3 Å². The summed E-state index contributed by atoms with van der Waals surface area (Å²) in [6.45, 7) is 0.981. The molecule has 0 radical (unpaired) electrons. The number of aliphatic carboxylic acids is 1. The zero-order valence-electron chi connectivity index (χ0n) is 8.81. The Labute approximate surface area is 93.6 Å². The van der Waals surface area contributed by atoms with Crippen molar-refractivity contribution in [3.05, 3.63) is 0 Å². The zero-order valence-corrected chi connectivity index (χ0v) is 8.81. The quantitative estimate of drug-likeness (QED) is 0.572. The molecule has 0 aliphatic carbocycles. The van der Waals surface area contributed by atoms with Crippen LogP contribution in [0.1, 0.15) is 0 Å². The number of hydrogen-bond donors (Lipinski definition) is 2. The summed E-state index contributed by atoms with van der Waals surface area (Å²) < 4.78 is 5.13. The van der Waals surface area contributed by atoms with E-state index in [1.54, 1.807) is 0 Å². The molecule has 88 valence electrons. The fourth-order valence-electron chi connectivity index (χ4n) is 1.43. The standard InChI is InChI=1S/C10H14N2O4/c1-2-4-12(6-9(13)14)10(15)8-7-16-5-3-11-8/h1,8,11H,3-7H2,(H,13,14). The summed E-state index contributed by atoms with van der Waals surface area (Å²) in [5, 5.41) is 11.6. The number of amides is 1. The van der Waals surface area contributed by atoms with Crippen molar-refractivity contribution < 1.29 is 19.4 Å². The second-order valence-corrected chi connectivity index (χ2v) is 3.37. The molecule has 6 nitrogen and oxygen atoms in total. The third-order valence-electron chi connectivity index (χ3n) is 2.14. The maximum absolute atomic E-state index is 11.8. The van der Waals surface area contributed by atoms with Crippen molar-refractivity contribution in [3.63, 3.8) is 0 Å². The molecule has 1 rings (SSSR count). The number of terminal acetylenes is 1. The van der Waals surface area contributed by atoms with E-state index < -0.39 is 12.0 Å². The van der Waals surface area contributed by atoms with Gasteiger partial charge in [-0.1, -0.05) is 5.92 Å². The van der Waals surface area contributed by atoms with E-state index in [-0.39, 0.29) is 25.6 Å². The lowest BCUT2D eigenvalue weighted by molar-refractivity contribution is -0.146. The number of nitrogens with zero attached hydrogens (tertiary/aromatic N) is 1. The maximum Gasteiger partial charge on any atom is 0.323 e. The number of carboxylic acid groups (broad SMARTS) is 1. The summed E-state index contributed by atoms with van der Waals surface area (Å²) in [4.78, 5) is 23.5. The van der Waals surface area contributed by atoms with Gasteiger partial charge in [-0.15, -0.1) is 6.42 Å². The Morgan fingerprint density at radius 3 is 2.88 bits per heavy atom. The smallest absolute Gasteiger partial charge is 0.323 e. The Morgan fingerprint density at radius 1 is 1.62 bits per heavy atom. The number of hydrogen-bond acceptors (Lipinski definition) is 4. The molecule has 1 amide bonds. The lowest BCUT2D eigenvalue weighted by Crippen LogP contribution is -2.53. The number of nitrogens with one attached hydrogen (secondary N) is 1. The molecule has 16 heavy (non-hydrogen) atoms. The molecular weight excluding hydrogens is 212 g/mol. The van der Waals surface area contributed by atoms with Gasteiger partial charge in [-0.05, 0) is 0 Å². The largest absolute Gasteiger partial charge is 0.480 e. The number of morpholine rings is 1. The van der Waals surface area contributed by atoms with Crippen molar-refractivity contribution in [1.82, 2.24) is 10.2 Å². The molecule has 0 aromatic carbocycles. The first-order valence-electron chi connectivity index (χ1n) is 4.90. The number of carboxylic acids is 1. The predicted octanol–water partition coefficient (Wildman–Crippen LogP) is -1.48. The minimum Gasteiger partial charge on any atom is -0.480 e. The van der Waals surface area contributed by atoms with Gasteiger partial charge in [0.2, 0.25) is 5.91 Å². The molecule has 0 bridgehead atoms. The molecule has 1 unspecified atom stereocenters. The van der Waals surface area contributed by atoms with Gasteiger partial charge in [-0.2, -0.15) is 0 Å². The molecule has 0 saturated carbocycles. The number of ether oxygens (including phenoxy) is 1. The average molecular weight is 226 g/mol. The summed E-state index contributed by atoms with van der Waals surface area (Å²) in [6, 6.07) is -0.499. The van der Waals surface area contributed by atoms with Crippen LogP contribution >= 0.6 is 0 Å². The molecule has 1 saturated heterocycles. The lowest BCUT2D eigenvalue weighted by atomic mass is 10.2. The molecule has 1 fully saturated rings. The van der Waals surface area contributed by atoms with Crippen molar-refractivity contribution >= 4 is 11.9 Å².